The Bertz CT molecular complexity index is 1150. The van der Waals surface area contributed by atoms with Crippen molar-refractivity contribution in [2.24, 2.45) is 10.9 Å². The molecule has 0 spiro atoms. The Hall–Kier alpha value is -3.41. The lowest BCUT2D eigenvalue weighted by Gasteiger charge is -2.36. The average Bonchev–Trinajstić information content (AvgIpc) is 3.30. The van der Waals surface area contributed by atoms with Crippen LogP contribution in [0, 0.1) is 5.92 Å². The fourth-order valence-corrected chi connectivity index (χ4v) is 5.08. The van der Waals surface area contributed by atoms with Crippen molar-refractivity contribution in [1.29, 1.82) is 0 Å². The van der Waals surface area contributed by atoms with E-state index in [0.717, 1.165) is 23.2 Å². The monoisotopic (exact) mass is 445 g/mol. The first kappa shape index (κ1) is 21.4. The number of benzene rings is 2. The van der Waals surface area contributed by atoms with Crippen molar-refractivity contribution in [2.75, 3.05) is 13.4 Å². The molecular formula is C27H27NO5. The van der Waals surface area contributed by atoms with Gasteiger partial charge >= 0.3 is 5.97 Å². The van der Waals surface area contributed by atoms with E-state index in [4.69, 9.17) is 19.2 Å². The van der Waals surface area contributed by atoms with Gasteiger partial charge in [-0.2, -0.15) is 0 Å². The Morgan fingerprint density at radius 2 is 1.85 bits per heavy atom. The van der Waals surface area contributed by atoms with E-state index in [1.54, 1.807) is 0 Å². The SMILES string of the molecule is CCCOC(=O)C1C(C)=NC2=C(C(=O)C[C@@H](c3ccccc3)C2)[C@@H]1c1ccc2c(c1)OCO2. The van der Waals surface area contributed by atoms with Crippen LogP contribution in [0.4, 0.5) is 0 Å². The summed E-state index contributed by atoms with van der Waals surface area (Å²) in [5.74, 6) is -0.0367. The molecule has 0 saturated carbocycles. The number of allylic oxidation sites excluding steroid dienone is 2. The third-order valence-corrected chi connectivity index (χ3v) is 6.62. The Kier molecular flexibility index (Phi) is 5.75. The summed E-state index contributed by atoms with van der Waals surface area (Å²) in [6.07, 6.45) is 1.80. The van der Waals surface area contributed by atoms with Crippen LogP contribution in [0.25, 0.3) is 0 Å². The molecule has 33 heavy (non-hydrogen) atoms. The van der Waals surface area contributed by atoms with Gasteiger partial charge in [0.1, 0.15) is 5.92 Å². The largest absolute Gasteiger partial charge is 0.465 e. The van der Waals surface area contributed by atoms with Gasteiger partial charge in [-0.25, -0.2) is 0 Å². The highest BCUT2D eigenvalue weighted by Gasteiger charge is 2.45. The van der Waals surface area contributed by atoms with Gasteiger partial charge < -0.3 is 14.2 Å². The zero-order valence-corrected chi connectivity index (χ0v) is 18.9. The highest BCUT2D eigenvalue weighted by molar-refractivity contribution is 6.09. The number of ketones is 1. The predicted octanol–water partition coefficient (Wildman–Crippen LogP) is 4.94. The molecule has 2 aromatic rings. The van der Waals surface area contributed by atoms with E-state index in [-0.39, 0.29) is 24.5 Å². The van der Waals surface area contributed by atoms with Crippen LogP contribution in [0.2, 0.25) is 0 Å². The molecule has 0 bridgehead atoms. The molecular weight excluding hydrogens is 418 g/mol. The van der Waals surface area contributed by atoms with Crippen LogP contribution < -0.4 is 9.47 Å². The number of carbonyl (C=O) groups excluding carboxylic acids is 2. The van der Waals surface area contributed by atoms with Crippen molar-refractivity contribution >= 4 is 17.5 Å². The van der Waals surface area contributed by atoms with Crippen molar-refractivity contribution in [3.05, 3.63) is 70.9 Å². The molecule has 3 aliphatic rings. The fourth-order valence-electron chi connectivity index (χ4n) is 5.08. The highest BCUT2D eigenvalue weighted by atomic mass is 16.7. The number of aliphatic imine (C=N–C) groups is 1. The topological polar surface area (TPSA) is 74.2 Å². The van der Waals surface area contributed by atoms with Gasteiger partial charge in [0, 0.05) is 29.3 Å². The second-order valence-corrected chi connectivity index (χ2v) is 8.79. The van der Waals surface area contributed by atoms with Gasteiger partial charge in [0.05, 0.1) is 6.61 Å². The number of hydrogen-bond acceptors (Lipinski definition) is 6. The van der Waals surface area contributed by atoms with Gasteiger partial charge in [-0.3, -0.25) is 14.6 Å². The smallest absolute Gasteiger partial charge is 0.315 e. The summed E-state index contributed by atoms with van der Waals surface area (Å²) in [4.78, 5) is 31.6. The van der Waals surface area contributed by atoms with Gasteiger partial charge in [-0.05, 0) is 48.9 Å². The molecule has 2 aliphatic heterocycles. The standard InChI is InChI=1S/C27H27NO5/c1-3-11-31-27(30)24-16(2)28-20-12-19(17-7-5-4-6-8-17)13-21(29)26(20)25(24)18-9-10-22-23(14-18)33-15-32-22/h4-10,14,19,24-25H,3,11-13,15H2,1-2H3/t19-,24?,25+/m0/s1. The van der Waals surface area contributed by atoms with Crippen LogP contribution >= 0.6 is 0 Å². The minimum Gasteiger partial charge on any atom is -0.465 e. The first-order valence-corrected chi connectivity index (χ1v) is 11.5. The summed E-state index contributed by atoms with van der Waals surface area (Å²) in [6, 6.07) is 15.7. The van der Waals surface area contributed by atoms with Crippen molar-refractivity contribution in [3.63, 3.8) is 0 Å². The van der Waals surface area contributed by atoms with Gasteiger partial charge in [-0.15, -0.1) is 0 Å². The zero-order chi connectivity index (χ0) is 22.9. The molecule has 170 valence electrons. The summed E-state index contributed by atoms with van der Waals surface area (Å²) in [5.41, 5.74) is 4.06. The van der Waals surface area contributed by atoms with Crippen LogP contribution in [0.5, 0.6) is 11.5 Å². The van der Waals surface area contributed by atoms with Crippen LogP contribution in [-0.4, -0.2) is 30.9 Å². The van der Waals surface area contributed by atoms with E-state index in [1.165, 1.54) is 0 Å². The van der Waals surface area contributed by atoms with Crippen molar-refractivity contribution < 1.29 is 23.8 Å². The molecule has 0 aromatic heterocycles. The minimum atomic E-state index is -0.645. The third-order valence-electron chi connectivity index (χ3n) is 6.62. The number of esters is 1. The van der Waals surface area contributed by atoms with Crippen LogP contribution in [0.3, 0.4) is 0 Å². The minimum absolute atomic E-state index is 0.0392. The number of fused-ring (bicyclic) bond motifs is 1. The Morgan fingerprint density at radius 1 is 1.06 bits per heavy atom. The molecule has 6 nitrogen and oxygen atoms in total. The number of rotatable bonds is 5. The molecule has 6 heteroatoms. The fraction of sp³-hybridized carbons (Fsp3) is 0.370. The molecule has 3 atom stereocenters. The molecule has 0 saturated heterocycles. The summed E-state index contributed by atoms with van der Waals surface area (Å²) >= 11 is 0. The lowest BCUT2D eigenvalue weighted by Crippen LogP contribution is -2.38. The maximum atomic E-state index is 13.6. The van der Waals surface area contributed by atoms with Gasteiger partial charge in [0.2, 0.25) is 6.79 Å². The van der Waals surface area contributed by atoms with Gasteiger partial charge in [-0.1, -0.05) is 43.3 Å². The van der Waals surface area contributed by atoms with Crippen molar-refractivity contribution in [2.45, 2.75) is 44.9 Å². The van der Waals surface area contributed by atoms with Crippen LogP contribution in [0.1, 0.15) is 56.1 Å². The molecule has 0 N–H and O–H groups in total. The number of hydrogen-bond donors (Lipinski definition) is 0. The highest BCUT2D eigenvalue weighted by Crippen LogP contribution is 2.48. The number of ether oxygens (including phenoxy) is 3. The van der Waals surface area contributed by atoms with E-state index in [1.807, 2.05) is 50.2 Å². The first-order valence-electron chi connectivity index (χ1n) is 11.5. The second-order valence-electron chi connectivity index (χ2n) is 8.79. The van der Waals surface area contributed by atoms with E-state index < -0.39 is 11.8 Å². The maximum absolute atomic E-state index is 13.6. The maximum Gasteiger partial charge on any atom is 0.315 e. The summed E-state index contributed by atoms with van der Waals surface area (Å²) in [6.45, 7) is 4.32. The summed E-state index contributed by atoms with van der Waals surface area (Å²) in [7, 11) is 0. The van der Waals surface area contributed by atoms with Crippen LogP contribution in [-0.2, 0) is 14.3 Å². The van der Waals surface area contributed by atoms with Crippen molar-refractivity contribution in [3.8, 4) is 11.5 Å². The van der Waals surface area contributed by atoms with Gasteiger partial charge in [0.15, 0.2) is 17.3 Å². The Labute approximate surface area is 193 Å². The molecule has 0 amide bonds. The van der Waals surface area contributed by atoms with E-state index >= 15 is 0 Å². The molecule has 1 unspecified atom stereocenters. The normalized spacial score (nSPS) is 23.8. The molecule has 1 aliphatic carbocycles. The van der Waals surface area contributed by atoms with E-state index in [2.05, 4.69) is 12.1 Å². The number of carbonyl (C=O) groups is 2. The molecule has 2 aromatic carbocycles. The lowest BCUT2D eigenvalue weighted by molar-refractivity contribution is -0.146. The van der Waals surface area contributed by atoms with E-state index in [9.17, 15) is 9.59 Å². The van der Waals surface area contributed by atoms with Crippen molar-refractivity contribution in [1.82, 2.24) is 0 Å². The first-order chi connectivity index (χ1) is 16.1. The quantitative estimate of drug-likeness (QED) is 0.609. The molecule has 5 rings (SSSR count). The average molecular weight is 446 g/mol. The second kappa shape index (κ2) is 8.85. The zero-order valence-electron chi connectivity index (χ0n) is 18.9. The lowest BCUT2D eigenvalue weighted by atomic mass is 9.69. The van der Waals surface area contributed by atoms with Gasteiger partial charge in [0.25, 0.3) is 0 Å². The Morgan fingerprint density at radius 3 is 2.64 bits per heavy atom. The van der Waals surface area contributed by atoms with Crippen LogP contribution in [0.15, 0.2) is 64.8 Å². The predicted molar refractivity (Wildman–Crippen MR) is 124 cm³/mol. The summed E-state index contributed by atoms with van der Waals surface area (Å²) in [5, 5.41) is 0. The van der Waals surface area contributed by atoms with E-state index in [0.29, 0.717) is 42.2 Å². The number of nitrogens with zero attached hydrogens (tertiary/aromatic N) is 1. The Balaban J connectivity index is 1.58. The summed E-state index contributed by atoms with van der Waals surface area (Å²) < 4.78 is 16.6. The molecule has 0 radical (unpaired) electrons. The number of Topliss-reactive ketones (excluding diaryl/α,β-unsaturated/α-hetero) is 1. The molecule has 2 heterocycles. The molecule has 0 fully saturated rings. The third kappa shape index (κ3) is 3.94.